The molecule has 1 heterocycles. The van der Waals surface area contributed by atoms with Crippen molar-refractivity contribution < 1.29 is 9.90 Å². The molecule has 1 N–H and O–H groups in total. The van der Waals surface area contributed by atoms with Gasteiger partial charge in [-0.3, -0.25) is 9.69 Å². The Morgan fingerprint density at radius 2 is 2.00 bits per heavy atom. The van der Waals surface area contributed by atoms with E-state index in [0.717, 1.165) is 19.6 Å². The van der Waals surface area contributed by atoms with Crippen LogP contribution in [0.1, 0.15) is 26.7 Å². The van der Waals surface area contributed by atoms with Crippen LogP contribution in [-0.4, -0.2) is 60.1 Å². The summed E-state index contributed by atoms with van der Waals surface area (Å²) >= 11 is 0. The lowest BCUT2D eigenvalue weighted by molar-refractivity contribution is -0.139. The SMILES string of the molecule is CC(C)N(CC(=O)O)CC1CCN(C)CC1. The Balaban J connectivity index is 2.39. The molecule has 0 aromatic carbocycles. The summed E-state index contributed by atoms with van der Waals surface area (Å²) in [7, 11) is 2.15. The zero-order valence-electron chi connectivity index (χ0n) is 10.6. The van der Waals surface area contributed by atoms with Crippen LogP contribution in [-0.2, 0) is 4.79 Å². The fourth-order valence-electron chi connectivity index (χ4n) is 2.21. The van der Waals surface area contributed by atoms with E-state index in [1.165, 1.54) is 12.8 Å². The van der Waals surface area contributed by atoms with E-state index in [-0.39, 0.29) is 6.54 Å². The fourth-order valence-corrected chi connectivity index (χ4v) is 2.21. The Hall–Kier alpha value is -0.610. The molecule has 4 heteroatoms. The minimum absolute atomic E-state index is 0.171. The highest BCUT2D eigenvalue weighted by Crippen LogP contribution is 2.18. The smallest absolute Gasteiger partial charge is 0.317 e. The van der Waals surface area contributed by atoms with Crippen molar-refractivity contribution in [1.29, 1.82) is 0 Å². The van der Waals surface area contributed by atoms with E-state index in [1.807, 2.05) is 0 Å². The highest BCUT2D eigenvalue weighted by Gasteiger charge is 2.22. The van der Waals surface area contributed by atoms with Crippen LogP contribution in [0.3, 0.4) is 0 Å². The Morgan fingerprint density at radius 1 is 1.44 bits per heavy atom. The van der Waals surface area contributed by atoms with Gasteiger partial charge in [0.05, 0.1) is 6.54 Å². The number of nitrogens with zero attached hydrogens (tertiary/aromatic N) is 2. The molecule has 1 rings (SSSR count). The molecule has 0 amide bonds. The number of hydrogen-bond acceptors (Lipinski definition) is 3. The van der Waals surface area contributed by atoms with Gasteiger partial charge in [0.15, 0.2) is 0 Å². The van der Waals surface area contributed by atoms with E-state index in [0.29, 0.717) is 12.0 Å². The van der Waals surface area contributed by atoms with Crippen LogP contribution in [0.4, 0.5) is 0 Å². The lowest BCUT2D eigenvalue weighted by Crippen LogP contribution is -2.42. The number of likely N-dealkylation sites (tertiary alicyclic amines) is 1. The molecule has 0 bridgehead atoms. The second kappa shape index (κ2) is 6.21. The van der Waals surface area contributed by atoms with Gasteiger partial charge in [0.2, 0.25) is 0 Å². The normalized spacial score (nSPS) is 19.6. The molecule has 1 saturated heterocycles. The number of carbonyl (C=O) groups is 1. The third-order valence-electron chi connectivity index (χ3n) is 3.40. The average Bonchev–Trinajstić information content (AvgIpc) is 2.19. The highest BCUT2D eigenvalue weighted by atomic mass is 16.4. The quantitative estimate of drug-likeness (QED) is 0.766. The van der Waals surface area contributed by atoms with Crippen LogP contribution in [0, 0.1) is 5.92 Å². The molecular weight excluding hydrogens is 204 g/mol. The largest absolute Gasteiger partial charge is 0.480 e. The number of hydrogen-bond donors (Lipinski definition) is 1. The Morgan fingerprint density at radius 3 is 2.44 bits per heavy atom. The first-order valence-electron chi connectivity index (χ1n) is 6.13. The van der Waals surface area contributed by atoms with Crippen LogP contribution < -0.4 is 0 Å². The minimum Gasteiger partial charge on any atom is -0.480 e. The summed E-state index contributed by atoms with van der Waals surface area (Å²) in [6, 6.07) is 0.316. The molecule has 0 aromatic rings. The first kappa shape index (κ1) is 13.5. The molecule has 0 spiro atoms. The van der Waals surface area contributed by atoms with E-state index in [1.54, 1.807) is 0 Å². The van der Waals surface area contributed by atoms with Crippen LogP contribution in [0.2, 0.25) is 0 Å². The minimum atomic E-state index is -0.721. The van der Waals surface area contributed by atoms with Crippen LogP contribution >= 0.6 is 0 Å². The number of aliphatic carboxylic acids is 1. The molecule has 0 radical (unpaired) electrons. The maximum Gasteiger partial charge on any atom is 0.317 e. The van der Waals surface area contributed by atoms with Crippen LogP contribution in [0.15, 0.2) is 0 Å². The highest BCUT2D eigenvalue weighted by molar-refractivity contribution is 5.69. The molecule has 0 aromatic heterocycles. The topological polar surface area (TPSA) is 43.8 Å². The van der Waals surface area contributed by atoms with Gasteiger partial charge >= 0.3 is 5.97 Å². The zero-order valence-corrected chi connectivity index (χ0v) is 10.6. The second-order valence-electron chi connectivity index (χ2n) is 5.16. The van der Waals surface area contributed by atoms with Gasteiger partial charge in [-0.15, -0.1) is 0 Å². The van der Waals surface area contributed by atoms with Crippen molar-refractivity contribution in [3.63, 3.8) is 0 Å². The molecule has 1 aliphatic heterocycles. The van der Waals surface area contributed by atoms with Gasteiger partial charge in [-0.2, -0.15) is 0 Å². The zero-order chi connectivity index (χ0) is 12.1. The van der Waals surface area contributed by atoms with Gasteiger partial charge in [-0.25, -0.2) is 0 Å². The summed E-state index contributed by atoms with van der Waals surface area (Å²) in [5.41, 5.74) is 0. The molecule has 0 saturated carbocycles. The predicted molar refractivity (Wildman–Crippen MR) is 64.6 cm³/mol. The van der Waals surface area contributed by atoms with E-state index in [2.05, 4.69) is 30.7 Å². The van der Waals surface area contributed by atoms with E-state index in [4.69, 9.17) is 5.11 Å². The van der Waals surface area contributed by atoms with E-state index in [9.17, 15) is 4.79 Å². The van der Waals surface area contributed by atoms with Crippen molar-refractivity contribution in [3.8, 4) is 0 Å². The van der Waals surface area contributed by atoms with Crippen LogP contribution in [0.5, 0.6) is 0 Å². The summed E-state index contributed by atoms with van der Waals surface area (Å²) < 4.78 is 0. The van der Waals surface area contributed by atoms with Gasteiger partial charge in [0.1, 0.15) is 0 Å². The lowest BCUT2D eigenvalue weighted by atomic mass is 9.96. The molecule has 94 valence electrons. The van der Waals surface area contributed by atoms with Crippen molar-refractivity contribution >= 4 is 5.97 Å². The molecular formula is C12H24N2O2. The maximum atomic E-state index is 10.8. The predicted octanol–water partition coefficient (Wildman–Crippen LogP) is 1.12. The van der Waals surface area contributed by atoms with Gasteiger partial charge < -0.3 is 10.0 Å². The summed E-state index contributed by atoms with van der Waals surface area (Å²) in [4.78, 5) is 15.2. The van der Waals surface area contributed by atoms with E-state index < -0.39 is 5.97 Å². The monoisotopic (exact) mass is 228 g/mol. The summed E-state index contributed by atoms with van der Waals surface area (Å²) in [5, 5.41) is 8.85. The Kier molecular flexibility index (Phi) is 5.22. The number of carboxylic acids is 1. The van der Waals surface area contributed by atoms with Crippen LogP contribution in [0.25, 0.3) is 0 Å². The fraction of sp³-hybridized carbons (Fsp3) is 0.917. The standard InChI is InChI=1S/C12H24N2O2/c1-10(2)14(9-12(15)16)8-11-4-6-13(3)7-5-11/h10-11H,4-9H2,1-3H3,(H,15,16). The third-order valence-corrected chi connectivity index (χ3v) is 3.40. The molecule has 1 aliphatic rings. The van der Waals surface area contributed by atoms with Crippen molar-refractivity contribution in [2.75, 3.05) is 33.2 Å². The molecule has 1 fully saturated rings. The summed E-state index contributed by atoms with van der Waals surface area (Å²) in [5.74, 6) is -0.0559. The Bertz CT molecular complexity index is 223. The average molecular weight is 228 g/mol. The second-order valence-corrected chi connectivity index (χ2v) is 5.16. The van der Waals surface area contributed by atoms with Gasteiger partial charge in [-0.1, -0.05) is 0 Å². The molecule has 0 unspecified atom stereocenters. The van der Waals surface area contributed by atoms with Crippen molar-refractivity contribution in [2.24, 2.45) is 5.92 Å². The summed E-state index contributed by atoms with van der Waals surface area (Å²) in [6.07, 6.45) is 2.39. The summed E-state index contributed by atoms with van der Waals surface area (Å²) in [6.45, 7) is 7.52. The molecule has 16 heavy (non-hydrogen) atoms. The number of carboxylic acid groups (broad SMARTS) is 1. The van der Waals surface area contributed by atoms with Gasteiger partial charge in [0.25, 0.3) is 0 Å². The van der Waals surface area contributed by atoms with Crippen molar-refractivity contribution in [2.45, 2.75) is 32.7 Å². The van der Waals surface area contributed by atoms with Crippen molar-refractivity contribution in [3.05, 3.63) is 0 Å². The maximum absolute atomic E-state index is 10.8. The van der Waals surface area contributed by atoms with E-state index >= 15 is 0 Å². The first-order valence-corrected chi connectivity index (χ1v) is 6.13. The molecule has 0 atom stereocenters. The van der Waals surface area contributed by atoms with Crippen molar-refractivity contribution in [1.82, 2.24) is 9.80 Å². The molecule has 0 aliphatic carbocycles. The number of piperidine rings is 1. The first-order chi connectivity index (χ1) is 7.49. The molecule has 4 nitrogen and oxygen atoms in total. The van der Waals surface area contributed by atoms with Gasteiger partial charge in [0, 0.05) is 12.6 Å². The third kappa shape index (κ3) is 4.49. The van der Waals surface area contributed by atoms with Gasteiger partial charge in [-0.05, 0) is 52.7 Å². The Labute approximate surface area is 98.2 Å². The number of rotatable bonds is 5. The lowest BCUT2D eigenvalue weighted by Gasteiger charge is -2.34.